The second-order valence-electron chi connectivity index (χ2n) is 5.13. The molecule has 1 aromatic heterocycles. The summed E-state index contributed by atoms with van der Waals surface area (Å²) >= 11 is 0. The van der Waals surface area contributed by atoms with Crippen molar-refractivity contribution in [2.45, 2.75) is 6.54 Å². The molecular formula is C16H14FN5O3. The van der Waals surface area contributed by atoms with Crippen molar-refractivity contribution in [3.05, 3.63) is 70.5 Å². The van der Waals surface area contributed by atoms with Crippen LogP contribution in [0.3, 0.4) is 0 Å². The molecule has 0 spiro atoms. The van der Waals surface area contributed by atoms with Crippen molar-refractivity contribution >= 4 is 11.4 Å². The quantitative estimate of drug-likeness (QED) is 0.545. The Balaban J connectivity index is 1.91. The first-order chi connectivity index (χ1) is 12.1. The Morgan fingerprint density at radius 1 is 1.32 bits per heavy atom. The molecule has 0 atom stereocenters. The van der Waals surface area contributed by atoms with E-state index in [2.05, 4.69) is 15.4 Å². The lowest BCUT2D eigenvalue weighted by Crippen LogP contribution is -2.03. The highest BCUT2D eigenvalue weighted by Crippen LogP contribution is 2.32. The van der Waals surface area contributed by atoms with Crippen LogP contribution in [0.25, 0.3) is 0 Å². The van der Waals surface area contributed by atoms with Gasteiger partial charge in [-0.3, -0.25) is 10.1 Å². The standard InChI is InChI=1S/C16H14FN5O3/c1-18-14-7-13(3-4-15(14)22(23)24)25-16-5-2-12(17)6-11(16)8-21-10-19-9-20-21/h2-7,9-10,18H,8H2,1H3. The Labute approximate surface area is 142 Å². The van der Waals surface area contributed by atoms with Gasteiger partial charge in [0.1, 0.15) is 35.7 Å². The molecule has 25 heavy (non-hydrogen) atoms. The zero-order valence-electron chi connectivity index (χ0n) is 13.2. The molecule has 1 N–H and O–H groups in total. The summed E-state index contributed by atoms with van der Waals surface area (Å²) in [5, 5.41) is 17.7. The van der Waals surface area contributed by atoms with Crippen LogP contribution in [0.2, 0.25) is 0 Å². The molecule has 3 aromatic rings. The summed E-state index contributed by atoms with van der Waals surface area (Å²) in [5.41, 5.74) is 0.828. The molecule has 0 saturated heterocycles. The molecule has 0 aliphatic rings. The maximum absolute atomic E-state index is 13.6. The number of nitro benzene ring substituents is 1. The van der Waals surface area contributed by atoms with Crippen LogP contribution in [0.5, 0.6) is 11.5 Å². The molecule has 1 heterocycles. The normalized spacial score (nSPS) is 10.5. The molecule has 0 unspecified atom stereocenters. The molecule has 128 valence electrons. The average Bonchev–Trinajstić information content (AvgIpc) is 3.10. The van der Waals surface area contributed by atoms with E-state index in [-0.39, 0.29) is 12.2 Å². The summed E-state index contributed by atoms with van der Waals surface area (Å²) in [6.07, 6.45) is 2.90. The fourth-order valence-corrected chi connectivity index (χ4v) is 2.33. The first kappa shape index (κ1) is 16.4. The van der Waals surface area contributed by atoms with Crippen LogP contribution in [-0.4, -0.2) is 26.7 Å². The van der Waals surface area contributed by atoms with Gasteiger partial charge < -0.3 is 10.1 Å². The first-order valence-electron chi connectivity index (χ1n) is 7.31. The van der Waals surface area contributed by atoms with Crippen molar-refractivity contribution in [3.8, 4) is 11.5 Å². The molecule has 0 saturated carbocycles. The van der Waals surface area contributed by atoms with E-state index in [4.69, 9.17) is 4.74 Å². The molecule has 0 aliphatic heterocycles. The van der Waals surface area contributed by atoms with Gasteiger partial charge >= 0.3 is 0 Å². The lowest BCUT2D eigenvalue weighted by atomic mass is 10.2. The second-order valence-corrected chi connectivity index (χ2v) is 5.13. The number of halogens is 1. The first-order valence-corrected chi connectivity index (χ1v) is 7.31. The second kappa shape index (κ2) is 6.95. The molecule has 0 radical (unpaired) electrons. The number of nitrogens with zero attached hydrogens (tertiary/aromatic N) is 4. The number of rotatable bonds is 6. The third-order valence-corrected chi connectivity index (χ3v) is 3.48. The van der Waals surface area contributed by atoms with Crippen LogP contribution >= 0.6 is 0 Å². The zero-order valence-corrected chi connectivity index (χ0v) is 13.2. The summed E-state index contributed by atoms with van der Waals surface area (Å²) in [7, 11) is 1.58. The number of benzene rings is 2. The Morgan fingerprint density at radius 3 is 2.84 bits per heavy atom. The minimum absolute atomic E-state index is 0.0585. The van der Waals surface area contributed by atoms with E-state index < -0.39 is 10.7 Å². The molecule has 3 rings (SSSR count). The summed E-state index contributed by atoms with van der Waals surface area (Å²) in [5.74, 6) is 0.413. The van der Waals surface area contributed by atoms with E-state index in [0.29, 0.717) is 22.7 Å². The van der Waals surface area contributed by atoms with Gasteiger partial charge in [0, 0.05) is 24.7 Å². The summed E-state index contributed by atoms with van der Waals surface area (Å²) < 4.78 is 20.9. The van der Waals surface area contributed by atoms with E-state index in [9.17, 15) is 14.5 Å². The molecule has 0 fully saturated rings. The fourth-order valence-electron chi connectivity index (χ4n) is 2.33. The van der Waals surface area contributed by atoms with Crippen molar-refractivity contribution in [3.63, 3.8) is 0 Å². The third kappa shape index (κ3) is 3.71. The lowest BCUT2D eigenvalue weighted by molar-refractivity contribution is -0.384. The molecule has 0 amide bonds. The molecule has 2 aromatic carbocycles. The molecule has 0 bridgehead atoms. The minimum Gasteiger partial charge on any atom is -0.457 e. The molecular weight excluding hydrogens is 329 g/mol. The highest BCUT2D eigenvalue weighted by Gasteiger charge is 2.15. The minimum atomic E-state index is -0.482. The highest BCUT2D eigenvalue weighted by molar-refractivity contribution is 5.64. The van der Waals surface area contributed by atoms with E-state index in [1.54, 1.807) is 7.05 Å². The monoisotopic (exact) mass is 343 g/mol. The van der Waals surface area contributed by atoms with Crippen LogP contribution in [0.1, 0.15) is 5.56 Å². The van der Waals surface area contributed by atoms with Gasteiger partial charge in [-0.1, -0.05) is 0 Å². The fraction of sp³-hybridized carbons (Fsp3) is 0.125. The smallest absolute Gasteiger partial charge is 0.292 e. The van der Waals surface area contributed by atoms with Gasteiger partial charge in [-0.05, 0) is 24.3 Å². The van der Waals surface area contributed by atoms with Crippen molar-refractivity contribution in [2.24, 2.45) is 0 Å². The Hall–Kier alpha value is -3.49. The van der Waals surface area contributed by atoms with Gasteiger partial charge in [0.05, 0.1) is 11.5 Å². The number of nitrogens with one attached hydrogen (secondary N) is 1. The summed E-state index contributed by atoms with van der Waals surface area (Å²) in [4.78, 5) is 14.4. The number of ether oxygens (including phenoxy) is 1. The number of hydrogen-bond donors (Lipinski definition) is 1. The van der Waals surface area contributed by atoms with Gasteiger partial charge in [0.25, 0.3) is 5.69 Å². The van der Waals surface area contributed by atoms with Gasteiger partial charge in [-0.2, -0.15) is 5.10 Å². The molecule has 0 aliphatic carbocycles. The Bertz CT molecular complexity index is 899. The van der Waals surface area contributed by atoms with Crippen molar-refractivity contribution < 1.29 is 14.1 Å². The Kier molecular flexibility index (Phi) is 4.55. The number of nitro groups is 1. The van der Waals surface area contributed by atoms with E-state index in [1.165, 1.54) is 53.7 Å². The van der Waals surface area contributed by atoms with E-state index >= 15 is 0 Å². The maximum Gasteiger partial charge on any atom is 0.292 e. The summed E-state index contributed by atoms with van der Waals surface area (Å²) in [6.45, 7) is 0.277. The predicted molar refractivity (Wildman–Crippen MR) is 88.2 cm³/mol. The van der Waals surface area contributed by atoms with Crippen molar-refractivity contribution in [1.82, 2.24) is 14.8 Å². The lowest BCUT2D eigenvalue weighted by Gasteiger charge is -2.12. The average molecular weight is 343 g/mol. The summed E-state index contributed by atoms with van der Waals surface area (Å²) in [6, 6.07) is 8.48. The largest absolute Gasteiger partial charge is 0.457 e. The van der Waals surface area contributed by atoms with Crippen molar-refractivity contribution in [2.75, 3.05) is 12.4 Å². The predicted octanol–water partition coefficient (Wildman–Crippen LogP) is 3.21. The van der Waals surface area contributed by atoms with Gasteiger partial charge in [0.2, 0.25) is 0 Å². The number of hydrogen-bond acceptors (Lipinski definition) is 6. The Morgan fingerprint density at radius 2 is 2.16 bits per heavy atom. The van der Waals surface area contributed by atoms with Crippen LogP contribution in [0.15, 0.2) is 49.1 Å². The van der Waals surface area contributed by atoms with E-state index in [1.807, 2.05) is 0 Å². The maximum atomic E-state index is 13.6. The van der Waals surface area contributed by atoms with Gasteiger partial charge in [-0.25, -0.2) is 14.1 Å². The highest BCUT2D eigenvalue weighted by atomic mass is 19.1. The number of anilines is 1. The van der Waals surface area contributed by atoms with Crippen LogP contribution in [0, 0.1) is 15.9 Å². The third-order valence-electron chi connectivity index (χ3n) is 3.48. The van der Waals surface area contributed by atoms with Gasteiger partial charge in [0.15, 0.2) is 0 Å². The molecule has 8 nitrogen and oxygen atoms in total. The van der Waals surface area contributed by atoms with Crippen molar-refractivity contribution in [1.29, 1.82) is 0 Å². The SMILES string of the molecule is CNc1cc(Oc2ccc(F)cc2Cn2cncn2)ccc1[N+](=O)[O-]. The number of aromatic nitrogens is 3. The van der Waals surface area contributed by atoms with E-state index in [0.717, 1.165) is 0 Å². The van der Waals surface area contributed by atoms with Crippen LogP contribution in [0.4, 0.5) is 15.8 Å². The van der Waals surface area contributed by atoms with Crippen LogP contribution in [-0.2, 0) is 6.54 Å². The van der Waals surface area contributed by atoms with Gasteiger partial charge in [-0.15, -0.1) is 0 Å². The van der Waals surface area contributed by atoms with Crippen LogP contribution < -0.4 is 10.1 Å². The molecule has 9 heteroatoms. The topological polar surface area (TPSA) is 95.1 Å². The zero-order chi connectivity index (χ0) is 17.8.